The number of hydrogen-bond acceptors (Lipinski definition) is 7. The Morgan fingerprint density at radius 2 is 2.05 bits per heavy atom. The molecule has 7 heteroatoms. The van der Waals surface area contributed by atoms with Gasteiger partial charge in [-0.1, -0.05) is 19.8 Å². The molecule has 0 aliphatic carbocycles. The lowest BCUT2D eigenvalue weighted by molar-refractivity contribution is 0.283. The van der Waals surface area contributed by atoms with E-state index in [-0.39, 0.29) is 6.61 Å². The Bertz CT molecular complexity index is 572. The highest BCUT2D eigenvalue weighted by atomic mass is 32.1. The number of aliphatic hydroxyl groups is 1. The molecular formula is C14H23N5OS. The smallest absolute Gasteiger partial charge is 0.240 e. The highest BCUT2D eigenvalue weighted by molar-refractivity contribution is 7.18. The van der Waals surface area contributed by atoms with Crippen LogP contribution in [0.25, 0.3) is 10.2 Å². The Morgan fingerprint density at radius 3 is 2.76 bits per heavy atom. The predicted molar refractivity (Wildman–Crippen MR) is 88.6 cm³/mol. The molecule has 0 aromatic carbocycles. The quantitative estimate of drug-likeness (QED) is 0.323. The lowest BCUT2D eigenvalue weighted by Gasteiger charge is -2.08. The molecule has 116 valence electrons. The molecular weight excluding hydrogens is 286 g/mol. The first kappa shape index (κ1) is 15.9. The summed E-state index contributed by atoms with van der Waals surface area (Å²) in [6, 6.07) is 2.15. The lowest BCUT2D eigenvalue weighted by Crippen LogP contribution is -2.12. The molecule has 21 heavy (non-hydrogen) atoms. The fourth-order valence-corrected chi connectivity index (χ4v) is 3.11. The van der Waals surface area contributed by atoms with Gasteiger partial charge < -0.3 is 10.4 Å². The van der Waals surface area contributed by atoms with E-state index in [4.69, 9.17) is 10.9 Å². The number of aromatic nitrogens is 2. The van der Waals surface area contributed by atoms with Gasteiger partial charge in [0.2, 0.25) is 5.95 Å². The maximum atomic E-state index is 8.75. The Morgan fingerprint density at radius 1 is 1.24 bits per heavy atom. The summed E-state index contributed by atoms with van der Waals surface area (Å²) in [5.41, 5.74) is 2.52. The van der Waals surface area contributed by atoms with Crippen molar-refractivity contribution in [3.05, 3.63) is 10.9 Å². The van der Waals surface area contributed by atoms with E-state index >= 15 is 0 Å². The number of hydrazine groups is 1. The third-order valence-corrected chi connectivity index (χ3v) is 4.47. The molecule has 0 saturated carbocycles. The van der Waals surface area contributed by atoms with Crippen LogP contribution in [0.5, 0.6) is 0 Å². The molecule has 2 heterocycles. The van der Waals surface area contributed by atoms with Crippen molar-refractivity contribution in [3.8, 4) is 0 Å². The van der Waals surface area contributed by atoms with Crippen molar-refractivity contribution in [2.75, 3.05) is 23.9 Å². The van der Waals surface area contributed by atoms with Crippen LogP contribution in [-0.2, 0) is 6.42 Å². The summed E-state index contributed by atoms with van der Waals surface area (Å²) in [6.45, 7) is 3.27. The van der Waals surface area contributed by atoms with Crippen molar-refractivity contribution in [2.24, 2.45) is 5.84 Å². The van der Waals surface area contributed by atoms with Gasteiger partial charge in [-0.3, -0.25) is 5.43 Å². The number of nitrogens with two attached hydrogens (primary N) is 1. The first-order valence-corrected chi connectivity index (χ1v) is 8.22. The summed E-state index contributed by atoms with van der Waals surface area (Å²) < 4.78 is 0. The van der Waals surface area contributed by atoms with Gasteiger partial charge in [-0.2, -0.15) is 4.98 Å². The molecule has 6 nitrogen and oxygen atoms in total. The second-order valence-electron chi connectivity index (χ2n) is 4.89. The summed E-state index contributed by atoms with van der Waals surface area (Å²) in [5, 5.41) is 13.2. The van der Waals surface area contributed by atoms with Crippen molar-refractivity contribution in [1.82, 2.24) is 9.97 Å². The first-order valence-electron chi connectivity index (χ1n) is 7.40. The Hall–Kier alpha value is -1.44. The molecule has 0 bridgehead atoms. The van der Waals surface area contributed by atoms with E-state index in [2.05, 4.69) is 33.7 Å². The molecule has 0 radical (unpaired) electrons. The number of unbranched alkanes of at least 4 members (excludes halogenated alkanes) is 3. The van der Waals surface area contributed by atoms with Gasteiger partial charge in [0, 0.05) is 18.0 Å². The predicted octanol–water partition coefficient (Wildman–Crippen LogP) is 2.50. The van der Waals surface area contributed by atoms with Crippen molar-refractivity contribution < 1.29 is 5.11 Å². The van der Waals surface area contributed by atoms with Gasteiger partial charge >= 0.3 is 0 Å². The largest absolute Gasteiger partial charge is 0.396 e. The van der Waals surface area contributed by atoms with Gasteiger partial charge in [0.05, 0.1) is 5.39 Å². The fraction of sp³-hybridized carbons (Fsp3) is 0.571. The number of thiophene rings is 1. The van der Waals surface area contributed by atoms with E-state index in [9.17, 15) is 0 Å². The zero-order chi connectivity index (χ0) is 15.1. The molecule has 0 saturated heterocycles. The van der Waals surface area contributed by atoms with Crippen molar-refractivity contribution in [1.29, 1.82) is 0 Å². The molecule has 0 fully saturated rings. The van der Waals surface area contributed by atoms with E-state index in [0.29, 0.717) is 5.95 Å². The van der Waals surface area contributed by atoms with Crippen LogP contribution in [0.15, 0.2) is 6.07 Å². The Balaban J connectivity index is 2.04. The fourth-order valence-electron chi connectivity index (χ4n) is 2.14. The van der Waals surface area contributed by atoms with Gasteiger partial charge in [-0.15, -0.1) is 11.3 Å². The first-order chi connectivity index (χ1) is 10.3. The van der Waals surface area contributed by atoms with E-state index in [1.807, 2.05) is 0 Å². The second-order valence-corrected chi connectivity index (χ2v) is 6.01. The topological polar surface area (TPSA) is 96.1 Å². The van der Waals surface area contributed by atoms with Crippen LogP contribution in [0.3, 0.4) is 0 Å². The van der Waals surface area contributed by atoms with Gasteiger partial charge in [0.15, 0.2) is 0 Å². The third-order valence-electron chi connectivity index (χ3n) is 3.30. The number of aryl methyl sites for hydroxylation is 1. The molecule has 0 aliphatic rings. The minimum atomic E-state index is 0.278. The standard InChI is InChI=1S/C14H23N5OS/c1-2-10-9-11-12(16-7-5-3-4-6-8-20)17-14(19-15)18-13(11)21-10/h9,20H,2-8,15H2,1H3,(H2,16,17,18,19). The zero-order valence-electron chi connectivity index (χ0n) is 12.4. The highest BCUT2D eigenvalue weighted by Crippen LogP contribution is 2.30. The Labute approximate surface area is 128 Å². The number of fused-ring (bicyclic) bond motifs is 1. The minimum Gasteiger partial charge on any atom is -0.396 e. The average Bonchev–Trinajstić information content (AvgIpc) is 2.93. The number of rotatable bonds is 9. The van der Waals surface area contributed by atoms with E-state index in [0.717, 1.165) is 54.7 Å². The van der Waals surface area contributed by atoms with Crippen molar-refractivity contribution in [2.45, 2.75) is 39.0 Å². The zero-order valence-corrected chi connectivity index (χ0v) is 13.2. The molecule has 5 N–H and O–H groups in total. The molecule has 0 aliphatic heterocycles. The van der Waals surface area contributed by atoms with Gasteiger partial charge in [-0.05, 0) is 25.3 Å². The van der Waals surface area contributed by atoms with Crippen LogP contribution in [0, 0.1) is 0 Å². The molecule has 0 amide bonds. The van der Waals surface area contributed by atoms with Gasteiger partial charge in [0.25, 0.3) is 0 Å². The van der Waals surface area contributed by atoms with Crippen LogP contribution < -0.4 is 16.6 Å². The summed E-state index contributed by atoms with van der Waals surface area (Å²) in [4.78, 5) is 11.1. The van der Waals surface area contributed by atoms with Crippen LogP contribution >= 0.6 is 11.3 Å². The number of nitrogens with zero attached hydrogens (tertiary/aromatic N) is 2. The minimum absolute atomic E-state index is 0.278. The van der Waals surface area contributed by atoms with Crippen molar-refractivity contribution in [3.63, 3.8) is 0 Å². The third kappa shape index (κ3) is 4.26. The average molecular weight is 309 g/mol. The second kappa shape index (κ2) is 8.11. The number of hydrogen-bond donors (Lipinski definition) is 4. The van der Waals surface area contributed by atoms with Crippen LogP contribution in [-0.4, -0.2) is 28.2 Å². The van der Waals surface area contributed by atoms with E-state index < -0.39 is 0 Å². The molecule has 0 unspecified atom stereocenters. The van der Waals surface area contributed by atoms with Crippen LogP contribution in [0.2, 0.25) is 0 Å². The van der Waals surface area contributed by atoms with E-state index in [1.165, 1.54) is 4.88 Å². The van der Waals surface area contributed by atoms with Crippen LogP contribution in [0.4, 0.5) is 11.8 Å². The number of anilines is 2. The van der Waals surface area contributed by atoms with Crippen molar-refractivity contribution >= 4 is 33.3 Å². The van der Waals surface area contributed by atoms with Gasteiger partial charge in [0.1, 0.15) is 10.6 Å². The lowest BCUT2D eigenvalue weighted by atomic mass is 10.2. The summed E-state index contributed by atoms with van der Waals surface area (Å²) in [6.07, 6.45) is 5.09. The van der Waals surface area contributed by atoms with Gasteiger partial charge in [-0.25, -0.2) is 10.8 Å². The monoisotopic (exact) mass is 309 g/mol. The van der Waals surface area contributed by atoms with E-state index in [1.54, 1.807) is 11.3 Å². The maximum absolute atomic E-state index is 8.75. The maximum Gasteiger partial charge on any atom is 0.240 e. The highest BCUT2D eigenvalue weighted by Gasteiger charge is 2.10. The Kier molecular flexibility index (Phi) is 6.16. The van der Waals surface area contributed by atoms with Crippen LogP contribution in [0.1, 0.15) is 37.5 Å². The summed E-state index contributed by atoms with van der Waals surface area (Å²) >= 11 is 1.68. The molecule has 2 rings (SSSR count). The number of aliphatic hydroxyl groups excluding tert-OH is 1. The SMILES string of the molecule is CCc1cc2c(NCCCCCCO)nc(NN)nc2s1. The molecule has 2 aromatic heterocycles. The molecule has 0 spiro atoms. The molecule has 2 aromatic rings. The number of nitrogens with one attached hydrogen (secondary N) is 2. The normalized spacial score (nSPS) is 11.0. The summed E-state index contributed by atoms with van der Waals surface area (Å²) in [5.74, 6) is 6.72. The molecule has 0 atom stereocenters. The summed E-state index contributed by atoms with van der Waals surface area (Å²) in [7, 11) is 0. The number of nitrogen functional groups attached to an aromatic ring is 1.